The van der Waals surface area contributed by atoms with Crippen LogP contribution in [0, 0.1) is 5.82 Å². The highest BCUT2D eigenvalue weighted by atomic mass is 79.9. The second-order valence-electron chi connectivity index (χ2n) is 7.20. The highest BCUT2D eigenvalue weighted by Gasteiger charge is 2.45. The molecule has 1 fully saturated rings. The van der Waals surface area contributed by atoms with Crippen LogP contribution >= 0.6 is 15.9 Å². The minimum absolute atomic E-state index is 0.00145. The number of nitrogens with zero attached hydrogens (tertiary/aromatic N) is 3. The Kier molecular flexibility index (Phi) is 5.99. The number of ketones is 1. The van der Waals surface area contributed by atoms with Crippen LogP contribution < -0.4 is 0 Å². The molecule has 1 saturated heterocycles. The molecule has 2 heterocycles. The van der Waals surface area contributed by atoms with Crippen LogP contribution in [0.1, 0.15) is 23.6 Å². The first-order chi connectivity index (χ1) is 15.0. The first-order valence-electron chi connectivity index (χ1n) is 9.71. The van der Waals surface area contributed by atoms with Gasteiger partial charge in [-0.1, -0.05) is 40.2 Å². The number of carbonyl (C=O) groups excluding carboxylic acids is 2. The zero-order valence-electron chi connectivity index (χ0n) is 16.4. The molecule has 0 unspecified atom stereocenters. The summed E-state index contributed by atoms with van der Waals surface area (Å²) in [7, 11) is 0. The number of hydrogen-bond acceptors (Lipinski definition) is 4. The molecule has 0 radical (unpaired) electrons. The molecule has 6 nitrogen and oxygen atoms in total. The van der Waals surface area contributed by atoms with Gasteiger partial charge in [0.1, 0.15) is 11.6 Å². The molecule has 8 heteroatoms. The Hall–Kier alpha value is -3.26. The van der Waals surface area contributed by atoms with Gasteiger partial charge in [0.2, 0.25) is 0 Å². The number of carbonyl (C=O) groups is 2. The fourth-order valence-corrected chi connectivity index (χ4v) is 3.97. The number of aliphatic hydroxyl groups is 1. The number of hydrogen-bond donors (Lipinski definition) is 1. The summed E-state index contributed by atoms with van der Waals surface area (Å²) in [6, 6.07) is 11.6. The molecule has 3 aromatic rings. The average Bonchev–Trinajstić information content (AvgIpc) is 3.37. The number of aryl methyl sites for hydroxylation is 1. The van der Waals surface area contributed by atoms with Gasteiger partial charge in [0.05, 0.1) is 17.9 Å². The Morgan fingerprint density at radius 2 is 1.77 bits per heavy atom. The number of rotatable bonds is 6. The summed E-state index contributed by atoms with van der Waals surface area (Å²) in [6.45, 7) is 0.910. The molecule has 1 amide bonds. The van der Waals surface area contributed by atoms with Crippen LogP contribution in [0.25, 0.3) is 5.76 Å². The van der Waals surface area contributed by atoms with Gasteiger partial charge >= 0.3 is 0 Å². The highest BCUT2D eigenvalue weighted by molar-refractivity contribution is 9.10. The van der Waals surface area contributed by atoms with Crippen molar-refractivity contribution in [3.05, 3.63) is 94.2 Å². The van der Waals surface area contributed by atoms with Gasteiger partial charge in [-0.25, -0.2) is 9.37 Å². The van der Waals surface area contributed by atoms with Crippen molar-refractivity contribution in [2.45, 2.75) is 19.0 Å². The second-order valence-corrected chi connectivity index (χ2v) is 8.12. The van der Waals surface area contributed by atoms with E-state index < -0.39 is 23.5 Å². The summed E-state index contributed by atoms with van der Waals surface area (Å²) in [6.07, 6.45) is 5.75. The Balaban J connectivity index is 1.72. The Morgan fingerprint density at radius 3 is 2.42 bits per heavy atom. The summed E-state index contributed by atoms with van der Waals surface area (Å²) in [5.74, 6) is -2.11. The quantitative estimate of drug-likeness (QED) is 0.322. The lowest BCUT2D eigenvalue weighted by Gasteiger charge is -2.25. The van der Waals surface area contributed by atoms with Gasteiger partial charge in [-0.05, 0) is 36.2 Å². The molecule has 0 saturated carbocycles. The van der Waals surface area contributed by atoms with E-state index in [4.69, 9.17) is 0 Å². The lowest BCUT2D eigenvalue weighted by Crippen LogP contribution is -2.31. The monoisotopic (exact) mass is 483 g/mol. The van der Waals surface area contributed by atoms with E-state index in [2.05, 4.69) is 20.9 Å². The molecule has 1 aliphatic heterocycles. The summed E-state index contributed by atoms with van der Waals surface area (Å²) in [5.41, 5.74) is 0.982. The van der Waals surface area contributed by atoms with E-state index in [0.29, 0.717) is 30.6 Å². The summed E-state index contributed by atoms with van der Waals surface area (Å²) in [4.78, 5) is 31.2. The molecule has 1 aliphatic rings. The number of benzene rings is 2. The van der Waals surface area contributed by atoms with Gasteiger partial charge in [-0.2, -0.15) is 0 Å². The molecule has 1 aromatic heterocycles. The maximum Gasteiger partial charge on any atom is 0.295 e. The summed E-state index contributed by atoms with van der Waals surface area (Å²) >= 11 is 3.34. The van der Waals surface area contributed by atoms with Crippen molar-refractivity contribution in [1.29, 1.82) is 0 Å². The lowest BCUT2D eigenvalue weighted by molar-refractivity contribution is -0.139. The molecule has 1 atom stereocenters. The number of amides is 1. The minimum atomic E-state index is -0.799. The molecule has 0 bridgehead atoms. The molecular weight excluding hydrogens is 465 g/mol. The Morgan fingerprint density at radius 1 is 1.06 bits per heavy atom. The van der Waals surface area contributed by atoms with E-state index in [1.54, 1.807) is 36.8 Å². The van der Waals surface area contributed by atoms with E-state index in [9.17, 15) is 19.1 Å². The van der Waals surface area contributed by atoms with E-state index >= 15 is 0 Å². The lowest BCUT2D eigenvalue weighted by atomic mass is 9.95. The van der Waals surface area contributed by atoms with Gasteiger partial charge in [0, 0.05) is 35.5 Å². The zero-order chi connectivity index (χ0) is 22.0. The van der Waals surface area contributed by atoms with Crippen molar-refractivity contribution in [3.8, 4) is 0 Å². The maximum atomic E-state index is 13.5. The van der Waals surface area contributed by atoms with Gasteiger partial charge in [-0.3, -0.25) is 9.59 Å². The molecule has 4 rings (SSSR count). The predicted molar refractivity (Wildman–Crippen MR) is 116 cm³/mol. The summed E-state index contributed by atoms with van der Waals surface area (Å²) in [5, 5.41) is 11.0. The predicted octanol–water partition coefficient (Wildman–Crippen LogP) is 4.30. The molecule has 31 heavy (non-hydrogen) atoms. The first kappa shape index (κ1) is 21.0. The topological polar surface area (TPSA) is 75.4 Å². The molecule has 0 aliphatic carbocycles. The second kappa shape index (κ2) is 8.85. The highest BCUT2D eigenvalue weighted by Crippen LogP contribution is 2.39. The fraction of sp³-hybridized carbons (Fsp3) is 0.174. The van der Waals surface area contributed by atoms with Crippen LogP contribution in [0.2, 0.25) is 0 Å². The van der Waals surface area contributed by atoms with Gasteiger partial charge < -0.3 is 14.6 Å². The Labute approximate surface area is 186 Å². The van der Waals surface area contributed by atoms with Crippen LogP contribution in [-0.2, 0) is 16.1 Å². The minimum Gasteiger partial charge on any atom is -0.507 e. The number of likely N-dealkylation sites (tertiary alicyclic amines) is 1. The van der Waals surface area contributed by atoms with Gasteiger partial charge in [0.25, 0.3) is 11.7 Å². The van der Waals surface area contributed by atoms with Crippen molar-refractivity contribution in [2.24, 2.45) is 0 Å². The van der Waals surface area contributed by atoms with E-state index in [-0.39, 0.29) is 11.3 Å². The normalized spacial score (nSPS) is 18.0. The van der Waals surface area contributed by atoms with Gasteiger partial charge in [0.15, 0.2) is 0 Å². The molecule has 158 valence electrons. The number of halogens is 2. The standard InChI is InChI=1S/C23H19BrFN3O3/c24-17-6-2-16(3-7-17)21(29)19-20(15-4-8-18(25)9-5-15)28(23(31)22(19)30)12-1-11-27-13-10-26-14-27/h2-10,13-14,20,29H,1,11-12H2/b21-19+/t20-/m0/s1. The molecule has 2 aromatic carbocycles. The van der Waals surface area contributed by atoms with Crippen LogP contribution in [-0.4, -0.2) is 37.8 Å². The third kappa shape index (κ3) is 4.29. The Bertz CT molecular complexity index is 1130. The van der Waals surface area contributed by atoms with E-state index in [1.807, 2.05) is 10.8 Å². The number of Topliss-reactive ketones (excluding diaryl/α,β-unsaturated/α-hetero) is 1. The van der Waals surface area contributed by atoms with Crippen molar-refractivity contribution in [2.75, 3.05) is 6.54 Å². The smallest absolute Gasteiger partial charge is 0.295 e. The third-order valence-electron chi connectivity index (χ3n) is 5.22. The van der Waals surface area contributed by atoms with E-state index in [1.165, 1.54) is 29.2 Å². The largest absolute Gasteiger partial charge is 0.507 e. The SMILES string of the molecule is O=C1C(=O)N(CCCn2ccnc2)[C@@H](c2ccc(F)cc2)/C1=C(\O)c1ccc(Br)cc1. The third-order valence-corrected chi connectivity index (χ3v) is 5.75. The maximum absolute atomic E-state index is 13.5. The van der Waals surface area contributed by atoms with Crippen molar-refractivity contribution >= 4 is 33.4 Å². The van der Waals surface area contributed by atoms with Crippen LogP contribution in [0.5, 0.6) is 0 Å². The number of aliphatic hydroxyl groups excluding tert-OH is 1. The number of aromatic nitrogens is 2. The molecule has 1 N–H and O–H groups in total. The first-order valence-corrected chi connectivity index (χ1v) is 10.5. The molecule has 0 spiro atoms. The fourth-order valence-electron chi connectivity index (χ4n) is 3.71. The van der Waals surface area contributed by atoms with Crippen molar-refractivity contribution < 1.29 is 19.1 Å². The van der Waals surface area contributed by atoms with Crippen LogP contribution in [0.3, 0.4) is 0 Å². The van der Waals surface area contributed by atoms with Crippen LogP contribution in [0.4, 0.5) is 4.39 Å². The van der Waals surface area contributed by atoms with Crippen LogP contribution in [0.15, 0.2) is 77.3 Å². The average molecular weight is 484 g/mol. The molecular formula is C23H19BrFN3O3. The zero-order valence-corrected chi connectivity index (χ0v) is 18.0. The van der Waals surface area contributed by atoms with Crippen molar-refractivity contribution in [3.63, 3.8) is 0 Å². The van der Waals surface area contributed by atoms with Crippen molar-refractivity contribution in [1.82, 2.24) is 14.5 Å². The van der Waals surface area contributed by atoms with Gasteiger partial charge in [-0.15, -0.1) is 0 Å². The number of imidazole rings is 1. The summed E-state index contributed by atoms with van der Waals surface area (Å²) < 4.78 is 16.2. The van der Waals surface area contributed by atoms with E-state index in [0.717, 1.165) is 4.47 Å².